The number of nitrogens with two attached hydrogens (primary N) is 1. The molecule has 0 fully saturated rings. The third-order valence-electron chi connectivity index (χ3n) is 5.06. The van der Waals surface area contributed by atoms with Crippen molar-refractivity contribution in [2.75, 3.05) is 30.1 Å². The van der Waals surface area contributed by atoms with Crippen molar-refractivity contribution in [3.63, 3.8) is 0 Å². The average molecular weight is 511 g/mol. The van der Waals surface area contributed by atoms with E-state index in [0.717, 1.165) is 11.1 Å². The topological polar surface area (TPSA) is 147 Å². The van der Waals surface area contributed by atoms with Crippen molar-refractivity contribution >= 4 is 29.6 Å². The van der Waals surface area contributed by atoms with Crippen LogP contribution in [0, 0.1) is 5.82 Å². The van der Waals surface area contributed by atoms with Gasteiger partial charge in [0.1, 0.15) is 12.4 Å². The predicted octanol–water partition coefficient (Wildman–Crippen LogP) is 3.75. The summed E-state index contributed by atoms with van der Waals surface area (Å²) in [4.78, 5) is 28.0. The molecule has 11 heteroatoms. The van der Waals surface area contributed by atoms with E-state index in [0.29, 0.717) is 16.9 Å². The zero-order valence-electron chi connectivity index (χ0n) is 20.0. The fourth-order valence-corrected chi connectivity index (χ4v) is 3.30. The van der Waals surface area contributed by atoms with Crippen molar-refractivity contribution in [2.45, 2.75) is 13.0 Å². The molecule has 37 heavy (non-hydrogen) atoms. The minimum absolute atomic E-state index is 0.0581. The number of hydrogen-bond acceptors (Lipinski definition) is 7. The lowest BCUT2D eigenvalue weighted by molar-refractivity contribution is -0.138. The number of aliphatic hydroxyl groups is 1. The predicted molar refractivity (Wildman–Crippen MR) is 137 cm³/mol. The second-order valence-corrected chi connectivity index (χ2v) is 7.61. The zero-order chi connectivity index (χ0) is 26.8. The fourth-order valence-electron chi connectivity index (χ4n) is 3.30. The number of urea groups is 1. The monoisotopic (exact) mass is 510 g/mol. The van der Waals surface area contributed by atoms with Crippen LogP contribution in [0.2, 0.25) is 0 Å². The van der Waals surface area contributed by atoms with Gasteiger partial charge >= 0.3 is 12.0 Å². The molecule has 1 atom stereocenters. The van der Waals surface area contributed by atoms with E-state index in [4.69, 9.17) is 20.4 Å². The van der Waals surface area contributed by atoms with E-state index < -0.39 is 23.9 Å². The molecule has 0 heterocycles. The number of amides is 2. The Balaban J connectivity index is 1.75. The summed E-state index contributed by atoms with van der Waals surface area (Å²) >= 11 is 0. The molecule has 0 aliphatic heterocycles. The zero-order valence-corrected chi connectivity index (χ0v) is 20.0. The van der Waals surface area contributed by atoms with E-state index in [9.17, 15) is 19.1 Å². The molecule has 0 spiro atoms. The summed E-state index contributed by atoms with van der Waals surface area (Å²) in [7, 11) is 0. The largest absolute Gasteiger partial charge is 0.490 e. The Labute approximate surface area is 212 Å². The molecule has 0 radical (unpaired) electrons. The smallest absolute Gasteiger partial charge is 0.362 e. The van der Waals surface area contributed by atoms with Crippen molar-refractivity contribution in [1.82, 2.24) is 0 Å². The average Bonchev–Trinajstić information content (AvgIpc) is 2.91. The Morgan fingerprint density at radius 3 is 2.41 bits per heavy atom. The van der Waals surface area contributed by atoms with E-state index in [1.54, 1.807) is 61.5 Å². The van der Waals surface area contributed by atoms with Crippen LogP contribution in [-0.4, -0.2) is 48.2 Å². The van der Waals surface area contributed by atoms with Crippen LogP contribution in [-0.2, 0) is 4.79 Å². The van der Waals surface area contributed by atoms with Gasteiger partial charge in [0.05, 0.1) is 18.9 Å². The minimum atomic E-state index is -1.44. The van der Waals surface area contributed by atoms with E-state index in [1.807, 2.05) is 0 Å². The molecule has 3 aromatic carbocycles. The summed E-state index contributed by atoms with van der Waals surface area (Å²) in [6.45, 7) is 1.61. The van der Waals surface area contributed by atoms with Gasteiger partial charge in [-0.15, -0.1) is 0 Å². The molecule has 0 saturated heterocycles. The molecule has 1 unspecified atom stereocenters. The van der Waals surface area contributed by atoms with Crippen LogP contribution >= 0.6 is 0 Å². The first-order valence-corrected chi connectivity index (χ1v) is 11.3. The second-order valence-electron chi connectivity index (χ2n) is 7.61. The van der Waals surface area contributed by atoms with Gasteiger partial charge in [0, 0.05) is 23.5 Å². The number of aliphatic hydroxyl groups excluding tert-OH is 1. The van der Waals surface area contributed by atoms with Gasteiger partial charge in [-0.25, -0.2) is 24.8 Å². The van der Waals surface area contributed by atoms with Crippen LogP contribution in [0.3, 0.4) is 0 Å². The number of hydrazine groups is 1. The summed E-state index contributed by atoms with van der Waals surface area (Å²) in [5, 5.41) is 22.4. The number of ether oxygens (including phenoxy) is 2. The van der Waals surface area contributed by atoms with E-state index in [2.05, 4.69) is 10.3 Å². The van der Waals surface area contributed by atoms with Gasteiger partial charge in [0.25, 0.3) is 0 Å². The number of halogens is 1. The molecular weight excluding hydrogens is 483 g/mol. The molecule has 0 aromatic heterocycles. The molecule has 10 nitrogen and oxygen atoms in total. The Bertz CT molecular complexity index is 1240. The summed E-state index contributed by atoms with van der Waals surface area (Å²) < 4.78 is 25.6. The van der Waals surface area contributed by atoms with Crippen molar-refractivity contribution in [3.05, 3.63) is 83.7 Å². The first-order chi connectivity index (χ1) is 17.8. The van der Waals surface area contributed by atoms with Gasteiger partial charge in [0.2, 0.25) is 0 Å². The SMILES string of the molecule is CCOc1cc(C(Nc2ccc(/C=N/C(=O)N(N)c3ccccc3)cc2)C(=O)O)c(F)cc1OCCO. The first-order valence-electron chi connectivity index (χ1n) is 11.3. The number of carbonyl (C=O) groups is 2. The number of carboxylic acid groups (broad SMARTS) is 1. The fraction of sp³-hybridized carbons (Fsp3) is 0.192. The Morgan fingerprint density at radius 1 is 1.11 bits per heavy atom. The Hall–Kier alpha value is -4.48. The number of nitrogens with one attached hydrogen (secondary N) is 1. The number of nitrogens with zero attached hydrogens (tertiary/aromatic N) is 2. The minimum Gasteiger partial charge on any atom is -0.490 e. The van der Waals surface area contributed by atoms with Crippen molar-refractivity contribution in [1.29, 1.82) is 0 Å². The molecular formula is C26H27FN4O6. The number of hydrogen-bond donors (Lipinski definition) is 4. The molecule has 2 amide bonds. The molecule has 0 bridgehead atoms. The van der Waals surface area contributed by atoms with Crippen molar-refractivity contribution < 1.29 is 33.7 Å². The van der Waals surface area contributed by atoms with Crippen LogP contribution < -0.4 is 25.6 Å². The summed E-state index contributed by atoms with van der Waals surface area (Å²) in [6.07, 6.45) is 1.32. The molecule has 0 aliphatic carbocycles. The van der Waals surface area contributed by atoms with Gasteiger partial charge in [-0.1, -0.05) is 30.3 Å². The van der Waals surface area contributed by atoms with E-state index in [1.165, 1.54) is 12.3 Å². The molecule has 194 valence electrons. The van der Waals surface area contributed by atoms with Crippen molar-refractivity contribution in [2.24, 2.45) is 10.8 Å². The molecule has 5 N–H and O–H groups in total. The maximum Gasteiger partial charge on any atom is 0.362 e. The number of aliphatic carboxylic acids is 1. The summed E-state index contributed by atoms with van der Waals surface area (Å²) in [5.74, 6) is 3.87. The van der Waals surface area contributed by atoms with Crippen molar-refractivity contribution in [3.8, 4) is 11.5 Å². The van der Waals surface area contributed by atoms with E-state index in [-0.39, 0.29) is 36.9 Å². The van der Waals surface area contributed by atoms with Crippen LogP contribution in [0.1, 0.15) is 24.1 Å². The highest BCUT2D eigenvalue weighted by molar-refractivity contribution is 5.99. The van der Waals surface area contributed by atoms with Gasteiger partial charge < -0.3 is 25.0 Å². The van der Waals surface area contributed by atoms with Crippen LogP contribution in [0.25, 0.3) is 0 Å². The highest BCUT2D eigenvalue weighted by Gasteiger charge is 2.26. The second kappa shape index (κ2) is 13.0. The third-order valence-corrected chi connectivity index (χ3v) is 5.06. The highest BCUT2D eigenvalue weighted by atomic mass is 19.1. The number of carboxylic acids is 1. The lowest BCUT2D eigenvalue weighted by atomic mass is 10.0. The van der Waals surface area contributed by atoms with Gasteiger partial charge in [0.15, 0.2) is 17.5 Å². The number of benzene rings is 3. The summed E-state index contributed by atoms with van der Waals surface area (Å²) in [6, 6.07) is 15.1. The summed E-state index contributed by atoms with van der Waals surface area (Å²) in [5.41, 5.74) is 1.27. The number of rotatable bonds is 11. The Morgan fingerprint density at radius 2 is 1.78 bits per heavy atom. The lowest BCUT2D eigenvalue weighted by Crippen LogP contribution is -2.35. The molecule has 3 rings (SSSR count). The highest BCUT2D eigenvalue weighted by Crippen LogP contribution is 2.34. The maximum absolute atomic E-state index is 14.9. The molecule has 0 aliphatic rings. The third kappa shape index (κ3) is 7.26. The quantitative estimate of drug-likeness (QED) is 0.132. The van der Waals surface area contributed by atoms with Crippen LogP contribution in [0.15, 0.2) is 71.7 Å². The lowest BCUT2D eigenvalue weighted by Gasteiger charge is -2.19. The van der Waals surface area contributed by atoms with Crippen LogP contribution in [0.4, 0.5) is 20.6 Å². The van der Waals surface area contributed by atoms with E-state index >= 15 is 0 Å². The van der Waals surface area contributed by atoms with Gasteiger partial charge in [-0.3, -0.25) is 0 Å². The first kappa shape index (κ1) is 27.1. The normalized spacial score (nSPS) is 11.7. The molecule has 3 aromatic rings. The maximum atomic E-state index is 14.9. The van der Waals surface area contributed by atoms with Gasteiger partial charge in [-0.2, -0.15) is 4.99 Å². The number of carbonyl (C=O) groups excluding carboxylic acids is 1. The van der Waals surface area contributed by atoms with Crippen LogP contribution in [0.5, 0.6) is 11.5 Å². The standard InChI is InChI=1S/C26H27FN4O6/c1-2-36-22-14-20(21(27)15-23(22)37-13-12-32)24(25(33)34)30-18-10-8-17(9-11-18)16-29-26(35)31(28)19-6-4-3-5-7-19/h3-11,14-16,24,30,32H,2,12-13,28H2,1H3,(H,33,34)/b29-16+. The number of para-hydroxylation sites is 1. The number of aliphatic imine (C=N–C) groups is 1. The number of anilines is 2. The molecule has 0 saturated carbocycles. The Kier molecular flexibility index (Phi) is 9.53. The van der Waals surface area contributed by atoms with Gasteiger partial charge in [-0.05, 0) is 42.8 Å².